The number of hydrogen-bond donors (Lipinski definition) is 1. The fourth-order valence-corrected chi connectivity index (χ4v) is 2.00. The molecule has 0 unspecified atom stereocenters. The average molecular weight is 247 g/mol. The number of nitrogens with zero attached hydrogens (tertiary/aromatic N) is 3. The van der Waals surface area contributed by atoms with E-state index in [0.717, 1.165) is 25.9 Å². The maximum Gasteiger partial charge on any atom is 0.309 e. The Bertz CT molecular complexity index is 374. The number of nitrogens with one attached hydrogen (secondary N) is 1. The molecule has 0 amide bonds. The van der Waals surface area contributed by atoms with Gasteiger partial charge in [0.05, 0.1) is 11.0 Å². The summed E-state index contributed by atoms with van der Waals surface area (Å²) < 4.78 is 1.77. The van der Waals surface area contributed by atoms with E-state index in [4.69, 9.17) is 0 Å². The van der Waals surface area contributed by atoms with Gasteiger partial charge in [-0.15, -0.1) is 12.4 Å². The van der Waals surface area contributed by atoms with Crippen LogP contribution in [0.1, 0.15) is 24.6 Å². The summed E-state index contributed by atoms with van der Waals surface area (Å²) in [5, 5.41) is 18.0. The molecule has 2 rings (SSSR count). The van der Waals surface area contributed by atoms with Crippen LogP contribution in [0.25, 0.3) is 0 Å². The maximum atomic E-state index is 10.7. The van der Waals surface area contributed by atoms with E-state index in [9.17, 15) is 10.1 Å². The van der Waals surface area contributed by atoms with Crippen LogP contribution in [0.4, 0.5) is 5.69 Å². The fraction of sp³-hybridized carbons (Fsp3) is 0.667. The van der Waals surface area contributed by atoms with Crippen molar-refractivity contribution in [3.8, 4) is 0 Å². The predicted octanol–water partition coefficient (Wildman–Crippen LogP) is 1.45. The lowest BCUT2D eigenvalue weighted by molar-refractivity contribution is -0.385. The Morgan fingerprint density at radius 2 is 2.44 bits per heavy atom. The summed E-state index contributed by atoms with van der Waals surface area (Å²) in [6.07, 6.45) is 3.47. The van der Waals surface area contributed by atoms with Gasteiger partial charge in [-0.2, -0.15) is 5.10 Å². The summed E-state index contributed by atoms with van der Waals surface area (Å²) >= 11 is 0. The van der Waals surface area contributed by atoms with E-state index in [-0.39, 0.29) is 29.1 Å². The number of hydrogen-bond acceptors (Lipinski definition) is 4. The van der Waals surface area contributed by atoms with Gasteiger partial charge in [0.15, 0.2) is 0 Å². The maximum absolute atomic E-state index is 10.7. The third-order valence-corrected chi connectivity index (χ3v) is 2.83. The first kappa shape index (κ1) is 12.9. The lowest BCUT2D eigenvalue weighted by Crippen LogP contribution is -2.32. The highest BCUT2D eigenvalue weighted by molar-refractivity contribution is 5.85. The molecule has 0 saturated carbocycles. The molecule has 1 atom stereocenters. The molecule has 6 nitrogen and oxygen atoms in total. The van der Waals surface area contributed by atoms with Gasteiger partial charge in [-0.1, -0.05) is 0 Å². The molecule has 0 bridgehead atoms. The lowest BCUT2D eigenvalue weighted by Gasteiger charge is -2.23. The summed E-state index contributed by atoms with van der Waals surface area (Å²) in [7, 11) is 0. The number of nitro groups is 1. The van der Waals surface area contributed by atoms with Crippen LogP contribution in [0.3, 0.4) is 0 Å². The Labute approximate surface area is 99.6 Å². The first-order chi connectivity index (χ1) is 7.20. The summed E-state index contributed by atoms with van der Waals surface area (Å²) in [6, 6.07) is 0.257. The molecule has 0 aromatic carbocycles. The predicted molar refractivity (Wildman–Crippen MR) is 62.0 cm³/mol. The van der Waals surface area contributed by atoms with Gasteiger partial charge in [-0.25, -0.2) is 0 Å². The molecular formula is C9H15ClN4O2. The first-order valence-electron chi connectivity index (χ1n) is 5.09. The minimum absolute atomic E-state index is 0. The van der Waals surface area contributed by atoms with Crippen LogP contribution in [0.5, 0.6) is 0 Å². The van der Waals surface area contributed by atoms with Gasteiger partial charge in [0.25, 0.3) is 0 Å². The molecular weight excluding hydrogens is 232 g/mol. The highest BCUT2D eigenvalue weighted by Gasteiger charge is 2.22. The smallest absolute Gasteiger partial charge is 0.309 e. The highest BCUT2D eigenvalue weighted by atomic mass is 35.5. The van der Waals surface area contributed by atoms with Crippen molar-refractivity contribution in [3.05, 3.63) is 22.0 Å². The van der Waals surface area contributed by atoms with E-state index in [2.05, 4.69) is 10.4 Å². The topological polar surface area (TPSA) is 73.0 Å². The zero-order valence-corrected chi connectivity index (χ0v) is 9.87. The molecule has 1 aromatic rings. The van der Waals surface area contributed by atoms with Gasteiger partial charge in [0, 0.05) is 6.54 Å². The molecule has 1 fully saturated rings. The monoisotopic (exact) mass is 246 g/mol. The third kappa shape index (κ3) is 2.33. The van der Waals surface area contributed by atoms with E-state index < -0.39 is 0 Å². The van der Waals surface area contributed by atoms with Gasteiger partial charge in [0.1, 0.15) is 11.9 Å². The van der Waals surface area contributed by atoms with Crippen molar-refractivity contribution in [2.45, 2.75) is 25.8 Å². The van der Waals surface area contributed by atoms with Crippen molar-refractivity contribution in [3.63, 3.8) is 0 Å². The van der Waals surface area contributed by atoms with Crippen molar-refractivity contribution in [2.24, 2.45) is 0 Å². The molecule has 1 aliphatic rings. The molecule has 0 radical (unpaired) electrons. The Morgan fingerprint density at radius 1 is 1.69 bits per heavy atom. The van der Waals surface area contributed by atoms with E-state index in [1.165, 1.54) is 6.20 Å². The van der Waals surface area contributed by atoms with Crippen molar-refractivity contribution >= 4 is 18.1 Å². The molecule has 1 saturated heterocycles. The van der Waals surface area contributed by atoms with Crippen LogP contribution in [0.15, 0.2) is 6.20 Å². The number of rotatable bonds is 2. The van der Waals surface area contributed by atoms with E-state index in [1.54, 1.807) is 11.6 Å². The van der Waals surface area contributed by atoms with Gasteiger partial charge >= 0.3 is 5.69 Å². The van der Waals surface area contributed by atoms with Crippen LogP contribution >= 0.6 is 12.4 Å². The molecule has 1 aliphatic heterocycles. The van der Waals surface area contributed by atoms with Crippen molar-refractivity contribution in [1.82, 2.24) is 15.1 Å². The Morgan fingerprint density at radius 3 is 2.94 bits per heavy atom. The van der Waals surface area contributed by atoms with Crippen molar-refractivity contribution < 1.29 is 4.92 Å². The second kappa shape index (κ2) is 5.27. The van der Waals surface area contributed by atoms with E-state index in [0.29, 0.717) is 5.69 Å². The summed E-state index contributed by atoms with van der Waals surface area (Å²) in [5.74, 6) is 0. The lowest BCUT2D eigenvalue weighted by atomic mass is 10.1. The molecule has 7 heteroatoms. The highest BCUT2D eigenvalue weighted by Crippen LogP contribution is 2.23. The Balaban J connectivity index is 0.00000128. The van der Waals surface area contributed by atoms with Gasteiger partial charge < -0.3 is 5.32 Å². The SMILES string of the molecule is Cc1c([N+](=O)[O-])cnn1[C@H]1CCCNC1.Cl. The molecule has 1 aromatic heterocycles. The second-order valence-electron chi connectivity index (χ2n) is 3.82. The summed E-state index contributed by atoms with van der Waals surface area (Å²) in [5.41, 5.74) is 0.759. The number of aromatic nitrogens is 2. The van der Waals surface area contributed by atoms with Gasteiger partial charge in [0.2, 0.25) is 0 Å². The van der Waals surface area contributed by atoms with Gasteiger partial charge in [-0.05, 0) is 26.3 Å². The van der Waals surface area contributed by atoms with Crippen LogP contribution in [0.2, 0.25) is 0 Å². The minimum Gasteiger partial charge on any atom is -0.315 e. The summed E-state index contributed by atoms with van der Waals surface area (Å²) in [4.78, 5) is 10.3. The van der Waals surface area contributed by atoms with Gasteiger partial charge in [-0.3, -0.25) is 14.8 Å². The molecule has 0 spiro atoms. The fourth-order valence-electron chi connectivity index (χ4n) is 2.00. The molecule has 0 aliphatic carbocycles. The summed E-state index contributed by atoms with van der Waals surface area (Å²) in [6.45, 7) is 3.62. The quantitative estimate of drug-likeness (QED) is 0.633. The van der Waals surface area contributed by atoms with Crippen LogP contribution in [0, 0.1) is 17.0 Å². The molecule has 90 valence electrons. The molecule has 1 N–H and O–H groups in total. The standard InChI is InChI=1S/C9H14N4O2.ClH/c1-7-9(13(14)15)6-11-12(7)8-3-2-4-10-5-8;/h6,8,10H,2-5H2,1H3;1H/t8-;/m0./s1. The molecule has 16 heavy (non-hydrogen) atoms. The zero-order valence-electron chi connectivity index (χ0n) is 9.05. The minimum atomic E-state index is -0.380. The van der Waals surface area contributed by atoms with Crippen LogP contribution in [-0.2, 0) is 0 Å². The second-order valence-corrected chi connectivity index (χ2v) is 3.82. The Hall–Kier alpha value is -1.14. The van der Waals surface area contributed by atoms with Crippen molar-refractivity contribution in [1.29, 1.82) is 0 Å². The van der Waals surface area contributed by atoms with Crippen LogP contribution < -0.4 is 5.32 Å². The normalized spacial score (nSPS) is 20.2. The van der Waals surface area contributed by atoms with E-state index >= 15 is 0 Å². The average Bonchev–Trinajstić information content (AvgIpc) is 2.61. The zero-order chi connectivity index (χ0) is 10.8. The van der Waals surface area contributed by atoms with Crippen molar-refractivity contribution in [2.75, 3.05) is 13.1 Å². The number of piperidine rings is 1. The van der Waals surface area contributed by atoms with Crippen LogP contribution in [-0.4, -0.2) is 27.8 Å². The largest absolute Gasteiger partial charge is 0.315 e. The molecule has 2 heterocycles. The Kier molecular flexibility index (Phi) is 4.26. The number of halogens is 1. The first-order valence-corrected chi connectivity index (χ1v) is 5.09. The third-order valence-electron chi connectivity index (χ3n) is 2.83. The van der Waals surface area contributed by atoms with E-state index in [1.807, 2.05) is 0 Å².